The van der Waals surface area contributed by atoms with E-state index >= 15 is 0 Å². The van der Waals surface area contributed by atoms with Gasteiger partial charge in [0.2, 0.25) is 10.0 Å². The zero-order chi connectivity index (χ0) is 21.3. The standard InChI is InChI=1S/C20H20F2N2O5S/c21-15-10-14(11-16(22)12-15)20(25)23-4-6-24(7-5-23)30(26,27)17-2-3-18-19(13-17)29-9-1-8-28-18/h2-3,10-13H,1,4-9H2. The molecule has 1 saturated heterocycles. The van der Waals surface area contributed by atoms with Crippen LogP contribution in [0.2, 0.25) is 0 Å². The fourth-order valence-corrected chi connectivity index (χ4v) is 4.88. The highest BCUT2D eigenvalue weighted by Gasteiger charge is 2.31. The van der Waals surface area contributed by atoms with Gasteiger partial charge >= 0.3 is 0 Å². The second-order valence-corrected chi connectivity index (χ2v) is 8.95. The van der Waals surface area contributed by atoms with Gasteiger partial charge in [-0.3, -0.25) is 4.79 Å². The van der Waals surface area contributed by atoms with E-state index in [4.69, 9.17) is 9.47 Å². The molecule has 0 N–H and O–H groups in total. The molecule has 2 aromatic rings. The molecule has 0 atom stereocenters. The maximum absolute atomic E-state index is 13.4. The monoisotopic (exact) mass is 438 g/mol. The fourth-order valence-electron chi connectivity index (χ4n) is 3.44. The number of hydrogen-bond donors (Lipinski definition) is 0. The summed E-state index contributed by atoms with van der Waals surface area (Å²) in [6.45, 7) is 1.31. The minimum atomic E-state index is -3.79. The Balaban J connectivity index is 1.47. The molecule has 2 aliphatic rings. The molecule has 2 aromatic carbocycles. The van der Waals surface area contributed by atoms with Crippen molar-refractivity contribution in [2.75, 3.05) is 39.4 Å². The van der Waals surface area contributed by atoms with Gasteiger partial charge in [-0.1, -0.05) is 0 Å². The quantitative estimate of drug-likeness (QED) is 0.735. The Labute approximate surface area is 172 Å². The van der Waals surface area contributed by atoms with Gasteiger partial charge in [0.1, 0.15) is 11.6 Å². The van der Waals surface area contributed by atoms with Gasteiger partial charge in [0, 0.05) is 50.3 Å². The minimum absolute atomic E-state index is 0.0698. The molecule has 7 nitrogen and oxygen atoms in total. The van der Waals surface area contributed by atoms with Gasteiger partial charge in [0.05, 0.1) is 18.1 Å². The summed E-state index contributed by atoms with van der Waals surface area (Å²) in [6.07, 6.45) is 0.710. The van der Waals surface area contributed by atoms with Crippen LogP contribution in [0.3, 0.4) is 0 Å². The van der Waals surface area contributed by atoms with Crippen LogP contribution in [-0.4, -0.2) is 62.9 Å². The van der Waals surface area contributed by atoms with Crippen LogP contribution in [-0.2, 0) is 10.0 Å². The average Bonchev–Trinajstić information content (AvgIpc) is 2.97. The Morgan fingerprint density at radius 2 is 1.50 bits per heavy atom. The Bertz CT molecular complexity index is 1050. The van der Waals surface area contributed by atoms with Crippen LogP contribution in [0.5, 0.6) is 11.5 Å². The Morgan fingerprint density at radius 1 is 0.867 bits per heavy atom. The summed E-state index contributed by atoms with van der Waals surface area (Å²) in [6, 6.07) is 7.11. The summed E-state index contributed by atoms with van der Waals surface area (Å²) in [5.74, 6) is -1.33. The number of fused-ring (bicyclic) bond motifs is 1. The zero-order valence-corrected chi connectivity index (χ0v) is 16.8. The second kappa shape index (κ2) is 8.19. The van der Waals surface area contributed by atoms with Crippen molar-refractivity contribution in [3.05, 3.63) is 53.6 Å². The summed E-state index contributed by atoms with van der Waals surface area (Å²) in [7, 11) is -3.79. The lowest BCUT2D eigenvalue weighted by atomic mass is 10.1. The first kappa shape index (κ1) is 20.5. The van der Waals surface area contributed by atoms with Crippen molar-refractivity contribution in [1.29, 1.82) is 0 Å². The smallest absolute Gasteiger partial charge is 0.254 e. The van der Waals surface area contributed by atoms with Crippen LogP contribution in [0, 0.1) is 11.6 Å². The van der Waals surface area contributed by atoms with Crippen LogP contribution < -0.4 is 9.47 Å². The number of halogens is 2. The van der Waals surface area contributed by atoms with Crippen LogP contribution >= 0.6 is 0 Å². The van der Waals surface area contributed by atoms with E-state index < -0.39 is 27.6 Å². The third-order valence-corrected chi connectivity index (χ3v) is 6.89. The van der Waals surface area contributed by atoms with E-state index in [9.17, 15) is 22.0 Å². The number of ether oxygens (including phenoxy) is 2. The normalized spacial score (nSPS) is 17.5. The first-order chi connectivity index (χ1) is 14.3. The van der Waals surface area contributed by atoms with Gasteiger partial charge in [-0.15, -0.1) is 0 Å². The van der Waals surface area contributed by atoms with Gasteiger partial charge in [-0.05, 0) is 24.3 Å². The number of carbonyl (C=O) groups excluding carboxylic acids is 1. The first-order valence-corrected chi connectivity index (χ1v) is 10.9. The Kier molecular flexibility index (Phi) is 5.61. The maximum atomic E-state index is 13.4. The predicted octanol–water partition coefficient (Wildman–Crippen LogP) is 2.27. The van der Waals surface area contributed by atoms with E-state index in [0.29, 0.717) is 37.2 Å². The predicted molar refractivity (Wildman–Crippen MR) is 103 cm³/mol. The molecule has 4 rings (SSSR count). The molecule has 30 heavy (non-hydrogen) atoms. The van der Waals surface area contributed by atoms with Crippen molar-refractivity contribution >= 4 is 15.9 Å². The first-order valence-electron chi connectivity index (χ1n) is 9.50. The highest BCUT2D eigenvalue weighted by Crippen LogP contribution is 2.33. The highest BCUT2D eigenvalue weighted by molar-refractivity contribution is 7.89. The van der Waals surface area contributed by atoms with E-state index in [1.54, 1.807) is 6.07 Å². The number of piperazine rings is 1. The molecule has 2 heterocycles. The molecule has 0 aliphatic carbocycles. The topological polar surface area (TPSA) is 76.2 Å². The van der Waals surface area contributed by atoms with E-state index in [1.165, 1.54) is 21.3 Å². The molecule has 0 bridgehead atoms. The summed E-state index contributed by atoms with van der Waals surface area (Å²) >= 11 is 0. The third-order valence-electron chi connectivity index (χ3n) is 4.99. The second-order valence-electron chi connectivity index (χ2n) is 7.01. The van der Waals surface area contributed by atoms with E-state index in [0.717, 1.165) is 12.1 Å². The summed E-state index contributed by atoms with van der Waals surface area (Å²) in [5.41, 5.74) is -0.105. The van der Waals surface area contributed by atoms with Crippen molar-refractivity contribution in [3.63, 3.8) is 0 Å². The fraction of sp³-hybridized carbons (Fsp3) is 0.350. The van der Waals surface area contributed by atoms with Crippen LogP contribution in [0.15, 0.2) is 41.3 Å². The average molecular weight is 438 g/mol. The lowest BCUT2D eigenvalue weighted by molar-refractivity contribution is 0.0697. The molecule has 0 unspecified atom stereocenters. The molecule has 10 heteroatoms. The number of carbonyl (C=O) groups is 1. The van der Waals surface area contributed by atoms with Crippen LogP contribution in [0.25, 0.3) is 0 Å². The lowest BCUT2D eigenvalue weighted by Crippen LogP contribution is -2.50. The van der Waals surface area contributed by atoms with Crippen molar-refractivity contribution in [3.8, 4) is 11.5 Å². The number of nitrogens with zero attached hydrogens (tertiary/aromatic N) is 2. The molecular weight excluding hydrogens is 418 g/mol. The van der Waals surface area contributed by atoms with E-state index in [-0.39, 0.29) is 36.6 Å². The third kappa shape index (κ3) is 4.10. The van der Waals surface area contributed by atoms with Crippen molar-refractivity contribution in [2.24, 2.45) is 0 Å². The molecule has 1 amide bonds. The van der Waals surface area contributed by atoms with Gasteiger partial charge in [-0.2, -0.15) is 4.31 Å². The molecule has 0 spiro atoms. The number of rotatable bonds is 3. The summed E-state index contributed by atoms with van der Waals surface area (Å²) in [4.78, 5) is 14.0. The van der Waals surface area contributed by atoms with E-state index in [2.05, 4.69) is 0 Å². The maximum Gasteiger partial charge on any atom is 0.254 e. The Morgan fingerprint density at radius 3 is 2.17 bits per heavy atom. The van der Waals surface area contributed by atoms with Gasteiger partial charge in [0.15, 0.2) is 11.5 Å². The molecule has 2 aliphatic heterocycles. The van der Waals surface area contributed by atoms with Crippen molar-refractivity contribution in [2.45, 2.75) is 11.3 Å². The molecule has 0 radical (unpaired) electrons. The van der Waals surface area contributed by atoms with Crippen LogP contribution in [0.4, 0.5) is 8.78 Å². The number of benzene rings is 2. The van der Waals surface area contributed by atoms with Gasteiger partial charge < -0.3 is 14.4 Å². The molecule has 160 valence electrons. The lowest BCUT2D eigenvalue weighted by Gasteiger charge is -2.34. The molecule has 0 saturated carbocycles. The summed E-state index contributed by atoms with van der Waals surface area (Å²) in [5, 5.41) is 0. The van der Waals surface area contributed by atoms with Gasteiger partial charge in [0.25, 0.3) is 5.91 Å². The van der Waals surface area contributed by atoms with Gasteiger partial charge in [-0.25, -0.2) is 17.2 Å². The Hall–Kier alpha value is -2.72. The highest BCUT2D eigenvalue weighted by atomic mass is 32.2. The molecular formula is C20H20F2N2O5S. The van der Waals surface area contributed by atoms with Crippen molar-refractivity contribution in [1.82, 2.24) is 9.21 Å². The summed E-state index contributed by atoms with van der Waals surface area (Å²) < 4.78 is 65.2. The molecule has 1 fully saturated rings. The minimum Gasteiger partial charge on any atom is -0.490 e. The van der Waals surface area contributed by atoms with E-state index in [1.807, 2.05) is 0 Å². The van der Waals surface area contributed by atoms with Crippen LogP contribution in [0.1, 0.15) is 16.8 Å². The van der Waals surface area contributed by atoms with Crippen molar-refractivity contribution < 1.29 is 31.5 Å². The molecule has 0 aromatic heterocycles. The SMILES string of the molecule is O=C(c1cc(F)cc(F)c1)N1CCN(S(=O)(=O)c2ccc3c(c2)OCCCO3)CC1. The number of hydrogen-bond acceptors (Lipinski definition) is 5. The largest absolute Gasteiger partial charge is 0.490 e. The number of sulfonamides is 1. The zero-order valence-electron chi connectivity index (χ0n) is 16.0. The number of amides is 1.